The number of fused-ring (bicyclic) bond motifs is 1. The third-order valence-corrected chi connectivity index (χ3v) is 3.29. The Bertz CT molecular complexity index is 381. The molecule has 1 aromatic carbocycles. The van der Waals surface area contributed by atoms with Gasteiger partial charge in [0.25, 0.3) is 0 Å². The molecule has 0 spiro atoms. The van der Waals surface area contributed by atoms with E-state index < -0.39 is 0 Å². The van der Waals surface area contributed by atoms with Gasteiger partial charge in [0.2, 0.25) is 0 Å². The van der Waals surface area contributed by atoms with Crippen LogP contribution < -0.4 is 0 Å². The van der Waals surface area contributed by atoms with Crippen molar-refractivity contribution in [2.75, 3.05) is 13.2 Å². The van der Waals surface area contributed by atoms with Crippen LogP contribution in [0.5, 0.6) is 5.75 Å². The smallest absolute Gasteiger partial charge is 0.119 e. The summed E-state index contributed by atoms with van der Waals surface area (Å²) in [5.74, 6) is 0.810. The number of hydrogen-bond donors (Lipinski definition) is 2. The number of rotatable bonds is 4. The van der Waals surface area contributed by atoms with Gasteiger partial charge in [0.15, 0.2) is 0 Å². The van der Waals surface area contributed by atoms with Crippen molar-refractivity contribution in [3.8, 4) is 5.75 Å². The summed E-state index contributed by atoms with van der Waals surface area (Å²) in [4.78, 5) is 5.20. The molecule has 1 aliphatic carbocycles. The molecule has 4 nitrogen and oxygen atoms in total. The lowest BCUT2D eigenvalue weighted by molar-refractivity contribution is -0.342. The van der Waals surface area contributed by atoms with Crippen molar-refractivity contribution in [3.05, 3.63) is 29.3 Å². The summed E-state index contributed by atoms with van der Waals surface area (Å²) < 4.78 is 0. The van der Waals surface area contributed by atoms with Gasteiger partial charge < -0.3 is 5.11 Å². The van der Waals surface area contributed by atoms with Crippen molar-refractivity contribution in [3.63, 3.8) is 0 Å². The Morgan fingerprint density at radius 2 is 2.29 bits per heavy atom. The molecule has 2 rings (SSSR count). The maximum absolute atomic E-state index is 9.72. The maximum Gasteiger partial charge on any atom is 0.119 e. The van der Waals surface area contributed by atoms with Crippen molar-refractivity contribution in [2.45, 2.75) is 26.2 Å². The molecule has 94 valence electrons. The van der Waals surface area contributed by atoms with Gasteiger partial charge in [-0.1, -0.05) is 17.4 Å². The third kappa shape index (κ3) is 2.97. The lowest BCUT2D eigenvalue weighted by Gasteiger charge is -2.25. The van der Waals surface area contributed by atoms with Crippen LogP contribution in [0.4, 0.5) is 0 Å². The summed E-state index contributed by atoms with van der Waals surface area (Å²) in [6.45, 7) is 2.82. The van der Waals surface area contributed by atoms with Crippen LogP contribution in [0, 0.1) is 5.92 Å². The Labute approximate surface area is 101 Å². The lowest BCUT2D eigenvalue weighted by Crippen LogP contribution is -2.26. The van der Waals surface area contributed by atoms with Gasteiger partial charge in [-0.2, -0.15) is 0 Å². The number of hydroxylamine groups is 2. The SMILES string of the molecule is CCN(O)OCC1CCc2c(O)cccc2C1. The molecule has 0 heterocycles. The first kappa shape index (κ1) is 12.4. The maximum atomic E-state index is 9.72. The minimum atomic E-state index is 0.402. The Morgan fingerprint density at radius 3 is 3.06 bits per heavy atom. The second-order valence-electron chi connectivity index (χ2n) is 4.49. The van der Waals surface area contributed by atoms with Gasteiger partial charge in [0.05, 0.1) is 6.61 Å². The van der Waals surface area contributed by atoms with Crippen molar-refractivity contribution >= 4 is 0 Å². The predicted molar refractivity (Wildman–Crippen MR) is 63.7 cm³/mol. The molecule has 1 atom stereocenters. The number of benzene rings is 1. The molecule has 1 aliphatic rings. The largest absolute Gasteiger partial charge is 0.508 e. The first-order valence-electron chi connectivity index (χ1n) is 6.09. The molecule has 0 fully saturated rings. The Morgan fingerprint density at radius 1 is 1.47 bits per heavy atom. The van der Waals surface area contributed by atoms with Crippen LogP contribution >= 0.6 is 0 Å². The molecule has 0 amide bonds. The second-order valence-corrected chi connectivity index (χ2v) is 4.49. The quantitative estimate of drug-likeness (QED) is 0.788. The van der Waals surface area contributed by atoms with E-state index >= 15 is 0 Å². The van der Waals surface area contributed by atoms with Crippen LogP contribution in [0.1, 0.15) is 24.5 Å². The average molecular weight is 237 g/mol. The molecule has 0 bridgehead atoms. The zero-order chi connectivity index (χ0) is 12.3. The summed E-state index contributed by atoms with van der Waals surface area (Å²) in [5, 5.41) is 19.8. The highest BCUT2D eigenvalue weighted by molar-refractivity contribution is 5.40. The van der Waals surface area contributed by atoms with Crippen molar-refractivity contribution < 1.29 is 15.2 Å². The normalized spacial score (nSPS) is 19.4. The van der Waals surface area contributed by atoms with Gasteiger partial charge in [-0.25, -0.2) is 0 Å². The van der Waals surface area contributed by atoms with Crippen LogP contribution in [0.25, 0.3) is 0 Å². The van der Waals surface area contributed by atoms with E-state index in [0.717, 1.165) is 30.1 Å². The van der Waals surface area contributed by atoms with Crippen molar-refractivity contribution in [1.29, 1.82) is 0 Å². The summed E-state index contributed by atoms with van der Waals surface area (Å²) in [7, 11) is 0. The van der Waals surface area contributed by atoms with Gasteiger partial charge in [-0.15, -0.1) is 0 Å². The van der Waals surface area contributed by atoms with E-state index in [1.165, 1.54) is 5.56 Å². The fraction of sp³-hybridized carbons (Fsp3) is 0.538. The minimum Gasteiger partial charge on any atom is -0.508 e. The topological polar surface area (TPSA) is 52.9 Å². The number of phenols is 1. The van der Waals surface area contributed by atoms with E-state index in [1.54, 1.807) is 6.07 Å². The van der Waals surface area contributed by atoms with Gasteiger partial charge >= 0.3 is 0 Å². The molecular weight excluding hydrogens is 218 g/mol. The highest BCUT2D eigenvalue weighted by Gasteiger charge is 2.21. The molecule has 1 aromatic rings. The zero-order valence-electron chi connectivity index (χ0n) is 10.1. The summed E-state index contributed by atoms with van der Waals surface area (Å²) >= 11 is 0. The van der Waals surface area contributed by atoms with E-state index in [0.29, 0.717) is 24.8 Å². The molecule has 0 saturated heterocycles. The standard InChI is InChI=1S/C13H19NO3/c1-2-14(16)17-9-10-6-7-12-11(8-10)4-3-5-13(12)15/h3-5,10,15-16H,2,6-9H2,1H3. The van der Waals surface area contributed by atoms with Gasteiger partial charge in [-0.3, -0.25) is 10.0 Å². The highest BCUT2D eigenvalue weighted by atomic mass is 16.9. The molecule has 2 N–H and O–H groups in total. The van der Waals surface area contributed by atoms with E-state index in [4.69, 9.17) is 4.84 Å². The lowest BCUT2D eigenvalue weighted by atomic mass is 9.84. The van der Waals surface area contributed by atoms with Crippen molar-refractivity contribution in [1.82, 2.24) is 5.23 Å². The second kappa shape index (κ2) is 5.49. The van der Waals surface area contributed by atoms with Crippen LogP contribution in [-0.2, 0) is 17.7 Å². The molecule has 1 unspecified atom stereocenters. The highest BCUT2D eigenvalue weighted by Crippen LogP contribution is 2.31. The van der Waals surface area contributed by atoms with E-state index in [-0.39, 0.29) is 0 Å². The zero-order valence-corrected chi connectivity index (χ0v) is 10.1. The van der Waals surface area contributed by atoms with Gasteiger partial charge in [0, 0.05) is 6.54 Å². The average Bonchev–Trinajstić information content (AvgIpc) is 2.36. The van der Waals surface area contributed by atoms with Gasteiger partial charge in [-0.05, 0) is 49.3 Å². The number of nitrogens with zero attached hydrogens (tertiary/aromatic N) is 1. The number of aromatic hydroxyl groups is 1. The molecule has 0 aromatic heterocycles. The molecule has 0 radical (unpaired) electrons. The summed E-state index contributed by atoms with van der Waals surface area (Å²) in [6.07, 6.45) is 2.77. The van der Waals surface area contributed by atoms with Crippen LogP contribution in [-0.4, -0.2) is 28.7 Å². The van der Waals surface area contributed by atoms with Crippen LogP contribution in [0.2, 0.25) is 0 Å². The molecule has 0 aliphatic heterocycles. The van der Waals surface area contributed by atoms with Crippen LogP contribution in [0.15, 0.2) is 18.2 Å². The Balaban J connectivity index is 1.95. The molecule has 17 heavy (non-hydrogen) atoms. The molecule has 0 saturated carbocycles. The Kier molecular flexibility index (Phi) is 3.99. The van der Waals surface area contributed by atoms with Crippen LogP contribution in [0.3, 0.4) is 0 Å². The summed E-state index contributed by atoms with van der Waals surface area (Å²) in [5.41, 5.74) is 2.27. The third-order valence-electron chi connectivity index (χ3n) is 3.29. The predicted octanol–water partition coefficient (Wildman–Crippen LogP) is 2.14. The van der Waals surface area contributed by atoms with Gasteiger partial charge in [0.1, 0.15) is 5.75 Å². The minimum absolute atomic E-state index is 0.402. The van der Waals surface area contributed by atoms with Crippen molar-refractivity contribution in [2.24, 2.45) is 5.92 Å². The molecular formula is C13H19NO3. The number of hydrogen-bond acceptors (Lipinski definition) is 4. The van der Waals surface area contributed by atoms with E-state index in [2.05, 4.69) is 6.07 Å². The fourth-order valence-corrected chi connectivity index (χ4v) is 2.29. The summed E-state index contributed by atoms with van der Waals surface area (Å²) in [6, 6.07) is 5.67. The Hall–Kier alpha value is -1.10. The first-order chi connectivity index (χ1) is 8.20. The molecule has 4 heteroatoms. The van der Waals surface area contributed by atoms with E-state index in [9.17, 15) is 10.3 Å². The fourth-order valence-electron chi connectivity index (χ4n) is 2.29. The first-order valence-corrected chi connectivity index (χ1v) is 6.09. The van der Waals surface area contributed by atoms with E-state index in [1.807, 2.05) is 13.0 Å². The number of phenolic OH excluding ortho intramolecular Hbond substituents is 1. The monoisotopic (exact) mass is 237 g/mol.